The first kappa shape index (κ1) is 38.2. The Balaban J connectivity index is 1.80. The molecule has 13 heteroatoms. The number of carbonyl (C=O) groups is 4. The van der Waals surface area contributed by atoms with Gasteiger partial charge in [-0.1, -0.05) is 82.9 Å². The number of carboxylic acids is 1. The number of esters is 1. The van der Waals surface area contributed by atoms with Crippen LogP contribution in [0.3, 0.4) is 0 Å². The topological polar surface area (TPSA) is 172 Å². The van der Waals surface area contributed by atoms with Gasteiger partial charge in [-0.25, -0.2) is 14.6 Å². The summed E-state index contributed by atoms with van der Waals surface area (Å²) >= 11 is 0. The number of aromatic carboxylic acids is 1. The van der Waals surface area contributed by atoms with Gasteiger partial charge in [0.15, 0.2) is 5.82 Å². The Bertz CT molecular complexity index is 1570. The van der Waals surface area contributed by atoms with Crippen LogP contribution in [-0.2, 0) is 25.6 Å². The molecule has 0 saturated carbocycles. The van der Waals surface area contributed by atoms with Gasteiger partial charge in [0.25, 0.3) is 11.5 Å². The van der Waals surface area contributed by atoms with E-state index in [1.165, 1.54) is 68.9 Å². The summed E-state index contributed by atoms with van der Waals surface area (Å²) in [6, 6.07) is 13.0. The molecule has 1 unspecified atom stereocenters. The van der Waals surface area contributed by atoms with Crippen LogP contribution in [0.15, 0.2) is 65.6 Å². The van der Waals surface area contributed by atoms with Gasteiger partial charge in [0.05, 0.1) is 24.5 Å². The van der Waals surface area contributed by atoms with E-state index in [-0.39, 0.29) is 29.4 Å². The van der Waals surface area contributed by atoms with Gasteiger partial charge in [-0.2, -0.15) is 0 Å². The number of benzene rings is 2. The number of ether oxygens (including phenoxy) is 4. The number of para-hydroxylation sites is 1. The smallest absolute Gasteiger partial charge is 0.491 e. The van der Waals surface area contributed by atoms with E-state index in [0.29, 0.717) is 6.61 Å². The van der Waals surface area contributed by atoms with Crippen molar-refractivity contribution in [1.29, 1.82) is 0 Å². The molecule has 0 aliphatic heterocycles. The van der Waals surface area contributed by atoms with E-state index in [1.807, 2.05) is 0 Å². The molecular formula is C36H45N3O10. The van der Waals surface area contributed by atoms with E-state index < -0.39 is 48.0 Å². The molecule has 0 fully saturated rings. The van der Waals surface area contributed by atoms with E-state index in [4.69, 9.17) is 18.9 Å². The number of anilines is 1. The van der Waals surface area contributed by atoms with E-state index in [1.54, 1.807) is 25.1 Å². The second kappa shape index (κ2) is 20.9. The van der Waals surface area contributed by atoms with Crippen molar-refractivity contribution in [3.8, 4) is 11.5 Å². The molecule has 2 N–H and O–H groups in total. The van der Waals surface area contributed by atoms with Crippen LogP contribution in [-0.4, -0.2) is 51.9 Å². The van der Waals surface area contributed by atoms with Crippen LogP contribution in [0.25, 0.3) is 0 Å². The highest BCUT2D eigenvalue weighted by Crippen LogP contribution is 2.29. The summed E-state index contributed by atoms with van der Waals surface area (Å²) in [5.74, 6) is -3.15. The molecule has 1 amide bonds. The van der Waals surface area contributed by atoms with Crippen LogP contribution in [0.1, 0.15) is 100 Å². The molecule has 0 aliphatic rings. The lowest BCUT2D eigenvalue weighted by Gasteiger charge is -2.21. The lowest BCUT2D eigenvalue weighted by Crippen LogP contribution is -2.35. The molecular weight excluding hydrogens is 634 g/mol. The number of aromatic nitrogens is 2. The number of nitrogens with one attached hydrogen (secondary N) is 1. The number of rotatable bonds is 21. The number of carboxylic acid groups (broad SMARTS) is 1. The quantitative estimate of drug-likeness (QED) is 0.0697. The molecule has 1 aromatic heterocycles. The fourth-order valence-electron chi connectivity index (χ4n) is 4.94. The maximum Gasteiger partial charge on any atom is 0.515 e. The second-order valence-corrected chi connectivity index (χ2v) is 11.2. The Morgan fingerprint density at radius 1 is 0.878 bits per heavy atom. The Morgan fingerprint density at radius 3 is 2.20 bits per heavy atom. The molecule has 49 heavy (non-hydrogen) atoms. The molecule has 0 aliphatic carbocycles. The van der Waals surface area contributed by atoms with Gasteiger partial charge >= 0.3 is 18.1 Å². The molecule has 1 atom stereocenters. The van der Waals surface area contributed by atoms with E-state index in [2.05, 4.69) is 17.2 Å². The van der Waals surface area contributed by atoms with Gasteiger partial charge in [0, 0.05) is 12.3 Å². The van der Waals surface area contributed by atoms with Crippen molar-refractivity contribution < 1.29 is 43.2 Å². The highest BCUT2D eigenvalue weighted by atomic mass is 16.7. The molecule has 0 radical (unpaired) electrons. The van der Waals surface area contributed by atoms with Crippen molar-refractivity contribution in [3.05, 3.63) is 82.5 Å². The molecule has 1 heterocycles. The van der Waals surface area contributed by atoms with E-state index in [9.17, 15) is 29.1 Å². The predicted molar refractivity (Wildman–Crippen MR) is 181 cm³/mol. The van der Waals surface area contributed by atoms with Crippen molar-refractivity contribution in [2.45, 2.75) is 90.7 Å². The van der Waals surface area contributed by atoms with Gasteiger partial charge in [-0.05, 0) is 43.7 Å². The zero-order valence-electron chi connectivity index (χ0n) is 28.1. The Hall–Kier alpha value is -5.20. The average Bonchev–Trinajstić information content (AvgIpc) is 3.08. The van der Waals surface area contributed by atoms with Crippen LogP contribution in [0.5, 0.6) is 11.5 Å². The van der Waals surface area contributed by atoms with Crippen molar-refractivity contribution >= 4 is 29.7 Å². The summed E-state index contributed by atoms with van der Waals surface area (Å²) in [6.07, 6.45) is 9.25. The fraction of sp³-hybridized carbons (Fsp3) is 0.444. The highest BCUT2D eigenvalue weighted by molar-refractivity contribution is 5.98. The zero-order chi connectivity index (χ0) is 35.4. The molecule has 2 aromatic carbocycles. The summed E-state index contributed by atoms with van der Waals surface area (Å²) in [5, 5.41) is 12.2. The first-order chi connectivity index (χ1) is 23.7. The molecule has 0 spiro atoms. The largest absolute Gasteiger partial charge is 0.515 e. The van der Waals surface area contributed by atoms with Gasteiger partial charge in [0.1, 0.15) is 18.0 Å². The van der Waals surface area contributed by atoms with Crippen molar-refractivity contribution in [2.24, 2.45) is 0 Å². The molecule has 0 bridgehead atoms. The number of amides is 1. The van der Waals surface area contributed by atoms with Crippen molar-refractivity contribution in [3.63, 3.8) is 0 Å². The minimum Gasteiger partial charge on any atom is -0.491 e. The summed E-state index contributed by atoms with van der Waals surface area (Å²) < 4.78 is 22.3. The Kier molecular flexibility index (Phi) is 16.3. The SMILES string of the molecule is CCCCCCCCCCCCOc1ccc(C(=O)O)cc1NC(=O)C(OC(=O)Oc1ccccc1)c1nccc(=O)n1CC(=O)OCC. The molecule has 13 nitrogen and oxygen atoms in total. The normalized spacial score (nSPS) is 11.3. The van der Waals surface area contributed by atoms with Crippen LogP contribution in [0.4, 0.5) is 10.5 Å². The maximum atomic E-state index is 13.9. The maximum absolute atomic E-state index is 13.9. The van der Waals surface area contributed by atoms with Crippen LogP contribution >= 0.6 is 0 Å². The van der Waals surface area contributed by atoms with Crippen LogP contribution in [0.2, 0.25) is 0 Å². The number of nitrogens with zero attached hydrogens (tertiary/aromatic N) is 2. The second-order valence-electron chi connectivity index (χ2n) is 11.2. The first-order valence-electron chi connectivity index (χ1n) is 16.7. The number of unbranched alkanes of at least 4 members (excludes halogenated alkanes) is 9. The zero-order valence-corrected chi connectivity index (χ0v) is 28.1. The molecule has 3 aromatic rings. The third-order valence-corrected chi connectivity index (χ3v) is 7.43. The van der Waals surface area contributed by atoms with Gasteiger partial charge < -0.3 is 29.4 Å². The molecule has 0 saturated heterocycles. The third-order valence-electron chi connectivity index (χ3n) is 7.43. The fourth-order valence-corrected chi connectivity index (χ4v) is 4.94. The summed E-state index contributed by atoms with van der Waals surface area (Å²) in [6.45, 7) is 3.51. The van der Waals surface area contributed by atoms with Crippen LogP contribution < -0.4 is 20.3 Å². The Labute approximate surface area is 285 Å². The number of hydrogen-bond donors (Lipinski definition) is 2. The summed E-state index contributed by atoms with van der Waals surface area (Å²) in [5.41, 5.74) is -0.874. The number of hydrogen-bond acceptors (Lipinski definition) is 10. The van der Waals surface area contributed by atoms with Gasteiger partial charge in [-0.15, -0.1) is 0 Å². The van der Waals surface area contributed by atoms with E-state index in [0.717, 1.165) is 42.5 Å². The minimum atomic E-state index is -1.93. The monoisotopic (exact) mass is 679 g/mol. The minimum absolute atomic E-state index is 0.0165. The molecule has 3 rings (SSSR count). The third kappa shape index (κ3) is 13.1. The van der Waals surface area contributed by atoms with Crippen LogP contribution in [0, 0.1) is 0 Å². The highest BCUT2D eigenvalue weighted by Gasteiger charge is 2.32. The van der Waals surface area contributed by atoms with Crippen molar-refractivity contribution in [1.82, 2.24) is 9.55 Å². The lowest BCUT2D eigenvalue weighted by molar-refractivity contribution is -0.144. The van der Waals surface area contributed by atoms with Gasteiger partial charge in [-0.3, -0.25) is 19.0 Å². The standard InChI is InChI=1S/C36H45N3O10/c1-3-5-6-7-8-9-10-11-12-16-23-47-29-20-19-26(35(43)44)24-28(29)38-34(42)32(49-36(45)48-27-17-14-13-15-18-27)33-37-22-21-30(40)39(33)25-31(41)46-4-2/h13-15,17-22,24,32H,3-12,16,23,25H2,1-2H3,(H,38,42)(H,43,44). The average molecular weight is 680 g/mol. The van der Waals surface area contributed by atoms with Crippen molar-refractivity contribution in [2.75, 3.05) is 18.5 Å². The Morgan fingerprint density at radius 2 is 1.55 bits per heavy atom. The van der Waals surface area contributed by atoms with E-state index >= 15 is 0 Å². The summed E-state index contributed by atoms with van der Waals surface area (Å²) in [7, 11) is 0. The summed E-state index contributed by atoms with van der Waals surface area (Å²) in [4.78, 5) is 67.8. The lowest BCUT2D eigenvalue weighted by atomic mass is 10.1. The first-order valence-corrected chi connectivity index (χ1v) is 16.7. The predicted octanol–water partition coefficient (Wildman–Crippen LogP) is 6.70. The number of carbonyl (C=O) groups excluding carboxylic acids is 3. The van der Waals surface area contributed by atoms with Gasteiger partial charge in [0.2, 0.25) is 6.10 Å². The molecule has 264 valence electrons.